The van der Waals surface area contributed by atoms with Gasteiger partial charge in [-0.2, -0.15) is 0 Å². The van der Waals surface area contributed by atoms with E-state index in [1.54, 1.807) is 14.0 Å². The number of ketones is 1. The van der Waals surface area contributed by atoms with E-state index in [0.29, 0.717) is 12.3 Å². The Morgan fingerprint density at radius 3 is 2.67 bits per heavy atom. The number of hydrogen-bond acceptors (Lipinski definition) is 3. The van der Waals surface area contributed by atoms with Gasteiger partial charge in [0.1, 0.15) is 11.5 Å². The van der Waals surface area contributed by atoms with Crippen molar-refractivity contribution in [2.75, 3.05) is 19.0 Å². The largest absolute Gasteiger partial charge is 0.495 e. The lowest BCUT2D eigenvalue weighted by molar-refractivity contribution is -0.117. The molecule has 0 aliphatic rings. The van der Waals surface area contributed by atoms with E-state index >= 15 is 0 Å². The van der Waals surface area contributed by atoms with Crippen molar-refractivity contribution in [2.24, 2.45) is 0 Å². The first-order chi connectivity index (χ1) is 8.54. The molecule has 0 fully saturated rings. The van der Waals surface area contributed by atoms with E-state index in [1.165, 1.54) is 5.56 Å². The van der Waals surface area contributed by atoms with E-state index in [2.05, 4.69) is 31.3 Å². The fraction of sp³-hybridized carbons (Fsp3) is 0.533. The second-order valence-corrected chi connectivity index (χ2v) is 4.85. The Kier molecular flexibility index (Phi) is 5.69. The Morgan fingerprint density at radius 1 is 1.39 bits per heavy atom. The normalized spacial score (nSPS) is 10.5. The molecule has 0 aromatic heterocycles. The number of methoxy groups -OCH3 is 1. The quantitative estimate of drug-likeness (QED) is 0.750. The predicted molar refractivity (Wildman–Crippen MR) is 75.5 cm³/mol. The van der Waals surface area contributed by atoms with Crippen LogP contribution in [0.1, 0.15) is 45.1 Å². The van der Waals surface area contributed by atoms with Gasteiger partial charge in [0.05, 0.1) is 12.8 Å². The smallest absolute Gasteiger partial charge is 0.142 e. The van der Waals surface area contributed by atoms with Crippen LogP contribution in [0, 0.1) is 0 Å². The van der Waals surface area contributed by atoms with Crippen LogP contribution >= 0.6 is 0 Å². The van der Waals surface area contributed by atoms with Crippen LogP contribution in [0.2, 0.25) is 0 Å². The maximum absolute atomic E-state index is 10.8. The molecular weight excluding hydrogens is 226 g/mol. The summed E-state index contributed by atoms with van der Waals surface area (Å²) in [5.74, 6) is 1.59. The highest BCUT2D eigenvalue weighted by atomic mass is 16.5. The van der Waals surface area contributed by atoms with Crippen LogP contribution < -0.4 is 10.1 Å². The minimum Gasteiger partial charge on any atom is -0.495 e. The highest BCUT2D eigenvalue weighted by Gasteiger charge is 2.06. The number of nitrogens with one attached hydrogen (secondary N) is 1. The first-order valence-electron chi connectivity index (χ1n) is 6.46. The van der Waals surface area contributed by atoms with Crippen molar-refractivity contribution in [3.05, 3.63) is 23.8 Å². The van der Waals surface area contributed by atoms with Crippen molar-refractivity contribution >= 4 is 11.5 Å². The Morgan fingerprint density at radius 2 is 2.11 bits per heavy atom. The second-order valence-electron chi connectivity index (χ2n) is 4.85. The van der Waals surface area contributed by atoms with E-state index in [1.807, 2.05) is 6.07 Å². The number of anilines is 1. The molecule has 1 aromatic carbocycles. The Labute approximate surface area is 110 Å². The van der Waals surface area contributed by atoms with Gasteiger partial charge in [0.2, 0.25) is 0 Å². The van der Waals surface area contributed by atoms with Crippen LogP contribution in [-0.4, -0.2) is 19.4 Å². The predicted octanol–water partition coefficient (Wildman–Crippen LogP) is 3.60. The lowest BCUT2D eigenvalue weighted by Gasteiger charge is -2.14. The van der Waals surface area contributed by atoms with E-state index in [-0.39, 0.29) is 5.78 Å². The first-order valence-corrected chi connectivity index (χ1v) is 6.46. The third-order valence-corrected chi connectivity index (χ3v) is 2.91. The third kappa shape index (κ3) is 4.40. The number of carbonyl (C=O) groups excluding carboxylic acids is 1. The molecule has 0 radical (unpaired) electrons. The highest BCUT2D eigenvalue weighted by molar-refractivity contribution is 5.75. The number of carbonyl (C=O) groups is 1. The Balaban J connectivity index is 2.62. The van der Waals surface area contributed by atoms with Gasteiger partial charge in [-0.1, -0.05) is 19.9 Å². The molecule has 18 heavy (non-hydrogen) atoms. The van der Waals surface area contributed by atoms with Crippen molar-refractivity contribution in [1.82, 2.24) is 0 Å². The van der Waals surface area contributed by atoms with Gasteiger partial charge < -0.3 is 14.8 Å². The molecule has 1 N–H and O–H groups in total. The van der Waals surface area contributed by atoms with Gasteiger partial charge in [-0.05, 0) is 37.0 Å². The summed E-state index contributed by atoms with van der Waals surface area (Å²) in [5.41, 5.74) is 2.26. The zero-order valence-electron chi connectivity index (χ0n) is 11.7. The molecule has 0 saturated heterocycles. The SMILES string of the molecule is COc1cc(C(C)C)ccc1NCCCC(C)=O. The molecule has 1 rings (SSSR count). The van der Waals surface area contributed by atoms with Crippen LogP contribution in [0.4, 0.5) is 5.69 Å². The zero-order chi connectivity index (χ0) is 13.5. The van der Waals surface area contributed by atoms with Crippen LogP contribution in [0.15, 0.2) is 18.2 Å². The zero-order valence-corrected chi connectivity index (χ0v) is 11.7. The maximum atomic E-state index is 10.8. The van der Waals surface area contributed by atoms with Crippen molar-refractivity contribution < 1.29 is 9.53 Å². The van der Waals surface area contributed by atoms with Gasteiger partial charge >= 0.3 is 0 Å². The molecule has 100 valence electrons. The Bertz CT molecular complexity index is 399. The van der Waals surface area contributed by atoms with Crippen molar-refractivity contribution in [3.63, 3.8) is 0 Å². The molecule has 0 amide bonds. The third-order valence-electron chi connectivity index (χ3n) is 2.91. The maximum Gasteiger partial charge on any atom is 0.142 e. The van der Waals surface area contributed by atoms with Gasteiger partial charge in [0.25, 0.3) is 0 Å². The minimum atomic E-state index is 0.235. The molecule has 0 aliphatic carbocycles. The molecular formula is C15H23NO2. The fourth-order valence-corrected chi connectivity index (χ4v) is 1.77. The average molecular weight is 249 g/mol. The van der Waals surface area contributed by atoms with Gasteiger partial charge in [-0.3, -0.25) is 0 Å². The van der Waals surface area contributed by atoms with Gasteiger partial charge in [0.15, 0.2) is 0 Å². The van der Waals surface area contributed by atoms with Crippen LogP contribution in [-0.2, 0) is 4.79 Å². The van der Waals surface area contributed by atoms with Crippen LogP contribution in [0.3, 0.4) is 0 Å². The average Bonchev–Trinajstić information content (AvgIpc) is 2.34. The molecule has 1 aromatic rings. The summed E-state index contributed by atoms with van der Waals surface area (Å²) in [6.45, 7) is 6.73. The van der Waals surface area contributed by atoms with Crippen molar-refractivity contribution in [3.8, 4) is 5.75 Å². The monoisotopic (exact) mass is 249 g/mol. The first kappa shape index (κ1) is 14.6. The summed E-state index contributed by atoms with van der Waals surface area (Å²) >= 11 is 0. The summed E-state index contributed by atoms with van der Waals surface area (Å²) in [4.78, 5) is 10.8. The number of Topliss-reactive ketones (excluding diaryl/α,β-unsaturated/α-hetero) is 1. The summed E-state index contributed by atoms with van der Waals surface area (Å²) in [6, 6.07) is 6.22. The molecule has 0 aliphatic heterocycles. The lowest BCUT2D eigenvalue weighted by atomic mass is 10.0. The molecule has 0 heterocycles. The van der Waals surface area contributed by atoms with Gasteiger partial charge in [0, 0.05) is 13.0 Å². The standard InChI is InChI=1S/C15H23NO2/c1-11(2)13-7-8-14(15(10-13)18-4)16-9-5-6-12(3)17/h7-8,10-11,16H,5-6,9H2,1-4H3. The highest BCUT2D eigenvalue weighted by Crippen LogP contribution is 2.28. The molecule has 0 saturated carbocycles. The van der Waals surface area contributed by atoms with E-state index < -0.39 is 0 Å². The summed E-state index contributed by atoms with van der Waals surface area (Å²) in [5, 5.41) is 3.31. The fourth-order valence-electron chi connectivity index (χ4n) is 1.77. The summed E-state index contributed by atoms with van der Waals surface area (Å²) in [7, 11) is 1.68. The Hall–Kier alpha value is -1.51. The van der Waals surface area contributed by atoms with E-state index in [9.17, 15) is 4.79 Å². The molecule has 0 bridgehead atoms. The second kappa shape index (κ2) is 7.04. The molecule has 0 unspecified atom stereocenters. The minimum absolute atomic E-state index is 0.235. The molecule has 3 heteroatoms. The van der Waals surface area contributed by atoms with Crippen LogP contribution in [0.25, 0.3) is 0 Å². The van der Waals surface area contributed by atoms with Crippen molar-refractivity contribution in [2.45, 2.75) is 39.5 Å². The molecule has 3 nitrogen and oxygen atoms in total. The number of ether oxygens (including phenoxy) is 1. The summed E-state index contributed by atoms with van der Waals surface area (Å²) < 4.78 is 5.38. The van der Waals surface area contributed by atoms with Crippen molar-refractivity contribution in [1.29, 1.82) is 0 Å². The van der Waals surface area contributed by atoms with Gasteiger partial charge in [-0.25, -0.2) is 0 Å². The van der Waals surface area contributed by atoms with Gasteiger partial charge in [-0.15, -0.1) is 0 Å². The van der Waals surface area contributed by atoms with Crippen LogP contribution in [0.5, 0.6) is 5.75 Å². The molecule has 0 atom stereocenters. The number of rotatable bonds is 7. The number of hydrogen-bond donors (Lipinski definition) is 1. The van der Waals surface area contributed by atoms with E-state index in [4.69, 9.17) is 4.74 Å². The lowest BCUT2D eigenvalue weighted by Crippen LogP contribution is -2.05. The topological polar surface area (TPSA) is 38.3 Å². The number of benzene rings is 1. The van der Waals surface area contributed by atoms with E-state index in [0.717, 1.165) is 24.4 Å². The molecule has 0 spiro atoms. The summed E-state index contributed by atoms with van der Waals surface area (Å²) in [6.07, 6.45) is 1.48.